The average Bonchev–Trinajstić information content (AvgIpc) is 3.29. The first-order valence-corrected chi connectivity index (χ1v) is 10.0. The van der Waals surface area contributed by atoms with Gasteiger partial charge in [-0.25, -0.2) is 4.99 Å². The van der Waals surface area contributed by atoms with Crippen LogP contribution in [0, 0.1) is 5.41 Å². The molecule has 1 spiro atoms. The molecule has 2 fully saturated rings. The molecule has 1 N–H and O–H groups in total. The first kappa shape index (κ1) is 19.2. The van der Waals surface area contributed by atoms with Crippen LogP contribution < -0.4 is 5.32 Å². The molecule has 0 amide bonds. The van der Waals surface area contributed by atoms with Gasteiger partial charge in [-0.05, 0) is 44.5 Å². The van der Waals surface area contributed by atoms with E-state index in [2.05, 4.69) is 60.3 Å². The largest absolute Gasteiger partial charge is 0.381 e. The Hall–Kier alpha value is -1.59. The van der Waals surface area contributed by atoms with Crippen LogP contribution >= 0.6 is 0 Å². The lowest BCUT2D eigenvalue weighted by atomic mass is 9.87. The number of nitrogens with one attached hydrogen (secondary N) is 1. The van der Waals surface area contributed by atoms with Crippen LogP contribution in [-0.4, -0.2) is 62.2 Å². The standard InChI is InChI=1S/C21H34N4O/c1-4-22-20(25-11-9-21(16-25)10-12-26-17-21)23-14-18-7-6-8-19(13-18)15-24(3)5-2/h6-8,13H,4-5,9-12,14-17H2,1-3H3,(H,22,23). The summed E-state index contributed by atoms with van der Waals surface area (Å²) in [4.78, 5) is 9.68. The maximum absolute atomic E-state index is 5.66. The van der Waals surface area contributed by atoms with E-state index in [0.29, 0.717) is 5.41 Å². The minimum atomic E-state index is 0.362. The quantitative estimate of drug-likeness (QED) is 0.627. The molecular formula is C21H34N4O. The fourth-order valence-electron chi connectivity index (χ4n) is 3.93. The van der Waals surface area contributed by atoms with Crippen LogP contribution in [-0.2, 0) is 17.8 Å². The summed E-state index contributed by atoms with van der Waals surface area (Å²) >= 11 is 0. The van der Waals surface area contributed by atoms with Crippen molar-refractivity contribution < 1.29 is 4.74 Å². The van der Waals surface area contributed by atoms with E-state index in [-0.39, 0.29) is 0 Å². The Balaban J connectivity index is 1.65. The number of likely N-dealkylation sites (tertiary alicyclic amines) is 1. The van der Waals surface area contributed by atoms with Gasteiger partial charge >= 0.3 is 0 Å². The topological polar surface area (TPSA) is 40.1 Å². The number of benzene rings is 1. The smallest absolute Gasteiger partial charge is 0.194 e. The average molecular weight is 359 g/mol. The second-order valence-electron chi connectivity index (χ2n) is 7.79. The van der Waals surface area contributed by atoms with Crippen molar-refractivity contribution in [3.8, 4) is 0 Å². The second kappa shape index (κ2) is 8.87. The number of hydrogen-bond donors (Lipinski definition) is 1. The molecule has 2 aliphatic heterocycles. The first-order valence-electron chi connectivity index (χ1n) is 10.0. The van der Waals surface area contributed by atoms with Gasteiger partial charge in [0.2, 0.25) is 0 Å². The first-order chi connectivity index (χ1) is 12.6. The van der Waals surface area contributed by atoms with Gasteiger partial charge in [0.05, 0.1) is 13.2 Å². The maximum atomic E-state index is 5.66. The van der Waals surface area contributed by atoms with Crippen LogP contribution in [0.4, 0.5) is 0 Å². The van der Waals surface area contributed by atoms with Crippen molar-refractivity contribution in [1.29, 1.82) is 0 Å². The van der Waals surface area contributed by atoms with Gasteiger partial charge in [-0.2, -0.15) is 0 Å². The summed E-state index contributed by atoms with van der Waals surface area (Å²) in [7, 11) is 2.16. The SMILES string of the molecule is CCNC(=NCc1cccc(CN(C)CC)c1)N1CCC2(CCOC2)C1. The van der Waals surface area contributed by atoms with E-state index < -0.39 is 0 Å². The summed E-state index contributed by atoms with van der Waals surface area (Å²) < 4.78 is 5.66. The van der Waals surface area contributed by atoms with Crippen molar-refractivity contribution in [3.63, 3.8) is 0 Å². The van der Waals surface area contributed by atoms with Gasteiger partial charge in [0.25, 0.3) is 0 Å². The minimum Gasteiger partial charge on any atom is -0.381 e. The van der Waals surface area contributed by atoms with Gasteiger partial charge in [-0.15, -0.1) is 0 Å². The van der Waals surface area contributed by atoms with Crippen molar-refractivity contribution in [1.82, 2.24) is 15.1 Å². The molecular weight excluding hydrogens is 324 g/mol. The predicted octanol–water partition coefficient (Wildman–Crippen LogP) is 2.72. The molecule has 0 aromatic heterocycles. The molecule has 5 heteroatoms. The Morgan fingerprint density at radius 3 is 2.88 bits per heavy atom. The molecule has 3 rings (SSSR count). The number of hydrogen-bond acceptors (Lipinski definition) is 3. The Morgan fingerprint density at radius 2 is 2.15 bits per heavy atom. The molecule has 0 bridgehead atoms. The van der Waals surface area contributed by atoms with Crippen LogP contribution in [0.15, 0.2) is 29.3 Å². The zero-order chi connectivity index (χ0) is 18.4. The van der Waals surface area contributed by atoms with E-state index in [4.69, 9.17) is 9.73 Å². The van der Waals surface area contributed by atoms with Crippen molar-refractivity contribution in [2.45, 2.75) is 39.8 Å². The van der Waals surface area contributed by atoms with Crippen LogP contribution in [0.25, 0.3) is 0 Å². The number of aliphatic imine (C=N–C) groups is 1. The highest BCUT2D eigenvalue weighted by Gasteiger charge is 2.42. The van der Waals surface area contributed by atoms with Crippen LogP contribution in [0.1, 0.15) is 37.8 Å². The molecule has 1 atom stereocenters. The van der Waals surface area contributed by atoms with Crippen LogP contribution in [0.3, 0.4) is 0 Å². The third-order valence-corrected chi connectivity index (χ3v) is 5.65. The zero-order valence-corrected chi connectivity index (χ0v) is 16.6. The van der Waals surface area contributed by atoms with E-state index in [1.165, 1.54) is 24.0 Å². The maximum Gasteiger partial charge on any atom is 0.194 e. The van der Waals surface area contributed by atoms with Crippen molar-refractivity contribution in [2.24, 2.45) is 10.4 Å². The molecule has 2 heterocycles. The summed E-state index contributed by atoms with van der Waals surface area (Å²) in [5.74, 6) is 1.05. The van der Waals surface area contributed by atoms with Gasteiger partial charge < -0.3 is 19.9 Å². The zero-order valence-electron chi connectivity index (χ0n) is 16.6. The van der Waals surface area contributed by atoms with Crippen molar-refractivity contribution >= 4 is 5.96 Å². The number of rotatable bonds is 6. The molecule has 144 valence electrons. The third kappa shape index (κ3) is 4.77. The van der Waals surface area contributed by atoms with Crippen molar-refractivity contribution in [2.75, 3.05) is 46.4 Å². The molecule has 1 aromatic carbocycles. The third-order valence-electron chi connectivity index (χ3n) is 5.65. The van der Waals surface area contributed by atoms with Gasteiger partial charge in [0, 0.05) is 38.2 Å². The lowest BCUT2D eigenvalue weighted by molar-refractivity contribution is 0.156. The van der Waals surface area contributed by atoms with Crippen LogP contribution in [0.2, 0.25) is 0 Å². The monoisotopic (exact) mass is 358 g/mol. The van der Waals surface area contributed by atoms with E-state index in [1.807, 2.05) is 0 Å². The molecule has 2 saturated heterocycles. The summed E-state index contributed by atoms with van der Waals surface area (Å²) in [5.41, 5.74) is 3.00. The van der Waals surface area contributed by atoms with Gasteiger partial charge in [-0.1, -0.05) is 31.2 Å². The van der Waals surface area contributed by atoms with E-state index >= 15 is 0 Å². The lowest BCUT2D eigenvalue weighted by Crippen LogP contribution is -2.41. The summed E-state index contributed by atoms with van der Waals surface area (Å²) in [6.07, 6.45) is 2.41. The molecule has 5 nitrogen and oxygen atoms in total. The number of ether oxygens (including phenoxy) is 1. The highest BCUT2D eigenvalue weighted by Crippen LogP contribution is 2.38. The fraction of sp³-hybridized carbons (Fsp3) is 0.667. The lowest BCUT2D eigenvalue weighted by Gasteiger charge is -2.25. The van der Waals surface area contributed by atoms with E-state index in [1.54, 1.807) is 0 Å². The minimum absolute atomic E-state index is 0.362. The Labute approximate surface area is 158 Å². The van der Waals surface area contributed by atoms with Crippen molar-refractivity contribution in [3.05, 3.63) is 35.4 Å². The Bertz CT molecular complexity index is 610. The molecule has 2 aliphatic rings. The van der Waals surface area contributed by atoms with Gasteiger partial charge in [0.1, 0.15) is 0 Å². The number of guanidine groups is 1. The molecule has 0 radical (unpaired) electrons. The molecule has 26 heavy (non-hydrogen) atoms. The van der Waals surface area contributed by atoms with Gasteiger partial charge in [-0.3, -0.25) is 0 Å². The van der Waals surface area contributed by atoms with Gasteiger partial charge in [0.15, 0.2) is 5.96 Å². The predicted molar refractivity (Wildman–Crippen MR) is 107 cm³/mol. The highest BCUT2D eigenvalue weighted by atomic mass is 16.5. The van der Waals surface area contributed by atoms with Crippen LogP contribution in [0.5, 0.6) is 0 Å². The molecule has 0 saturated carbocycles. The van der Waals surface area contributed by atoms with E-state index in [9.17, 15) is 0 Å². The molecule has 1 aromatic rings. The van der Waals surface area contributed by atoms with E-state index in [0.717, 1.165) is 58.4 Å². The Kier molecular flexibility index (Phi) is 6.54. The summed E-state index contributed by atoms with van der Waals surface area (Å²) in [5, 5.41) is 3.48. The molecule has 0 aliphatic carbocycles. The highest BCUT2D eigenvalue weighted by molar-refractivity contribution is 5.80. The summed E-state index contributed by atoms with van der Waals surface area (Å²) in [6.45, 7) is 12.0. The number of nitrogens with zero attached hydrogens (tertiary/aromatic N) is 3. The fourth-order valence-corrected chi connectivity index (χ4v) is 3.93. The second-order valence-corrected chi connectivity index (χ2v) is 7.79. The molecule has 1 unspecified atom stereocenters. The summed E-state index contributed by atoms with van der Waals surface area (Å²) in [6, 6.07) is 8.82. The Morgan fingerprint density at radius 1 is 1.31 bits per heavy atom. The normalized spacial score (nSPS) is 23.4.